The number of nitrogens with one attached hydrogen (secondary N) is 1. The molecule has 1 aromatic rings. The van der Waals surface area contributed by atoms with Gasteiger partial charge in [0.1, 0.15) is 12.4 Å². The van der Waals surface area contributed by atoms with Crippen molar-refractivity contribution < 1.29 is 17.9 Å². The van der Waals surface area contributed by atoms with E-state index in [9.17, 15) is 13.2 Å². The maximum absolute atomic E-state index is 12.5. The highest BCUT2D eigenvalue weighted by Crippen LogP contribution is 2.22. The molecule has 8 heteroatoms. The quantitative estimate of drug-likeness (QED) is 0.551. The molecule has 1 N–H and O–H groups in total. The summed E-state index contributed by atoms with van der Waals surface area (Å²) in [5.41, 5.74) is 0. The van der Waals surface area contributed by atoms with Gasteiger partial charge in [0, 0.05) is 26.7 Å². The first kappa shape index (κ1) is 21.3. The van der Waals surface area contributed by atoms with Gasteiger partial charge in [-0.1, -0.05) is 18.2 Å². The second-order valence-corrected chi connectivity index (χ2v) is 6.78. The van der Waals surface area contributed by atoms with Crippen LogP contribution in [0.5, 0.6) is 5.75 Å². The molecule has 27 heavy (non-hydrogen) atoms. The topological polar surface area (TPSA) is 40.1 Å². The number of likely N-dealkylation sites (tertiary alicyclic amines) is 1. The van der Waals surface area contributed by atoms with Crippen molar-refractivity contribution >= 4 is 5.96 Å². The predicted octanol–water partition coefficient (Wildman–Crippen LogP) is 2.85. The van der Waals surface area contributed by atoms with E-state index >= 15 is 0 Å². The number of rotatable bonds is 8. The molecule has 0 bridgehead atoms. The Labute approximate surface area is 159 Å². The van der Waals surface area contributed by atoms with E-state index in [2.05, 4.69) is 10.3 Å². The Morgan fingerprint density at radius 3 is 2.74 bits per heavy atom. The van der Waals surface area contributed by atoms with Crippen molar-refractivity contribution in [3.8, 4) is 5.75 Å². The van der Waals surface area contributed by atoms with Crippen LogP contribution in [0.25, 0.3) is 0 Å². The number of hydrogen-bond donors (Lipinski definition) is 1. The van der Waals surface area contributed by atoms with E-state index in [1.54, 1.807) is 0 Å². The number of guanidine groups is 1. The summed E-state index contributed by atoms with van der Waals surface area (Å²) in [7, 11) is 1.93. The number of para-hydroxylation sites is 1. The van der Waals surface area contributed by atoms with Crippen molar-refractivity contribution in [3.05, 3.63) is 30.3 Å². The van der Waals surface area contributed by atoms with Gasteiger partial charge >= 0.3 is 6.18 Å². The Balaban J connectivity index is 1.79. The van der Waals surface area contributed by atoms with Crippen LogP contribution in [0.4, 0.5) is 13.2 Å². The average molecular weight is 386 g/mol. The molecule has 1 fully saturated rings. The molecule has 0 aliphatic carbocycles. The van der Waals surface area contributed by atoms with Gasteiger partial charge in [-0.15, -0.1) is 0 Å². The van der Waals surface area contributed by atoms with Gasteiger partial charge in [-0.2, -0.15) is 13.2 Å². The highest BCUT2D eigenvalue weighted by molar-refractivity contribution is 5.79. The normalized spacial score (nSPS) is 18.6. The van der Waals surface area contributed by atoms with Crippen LogP contribution in [0.2, 0.25) is 0 Å². The molecular formula is C19H29F3N4O. The largest absolute Gasteiger partial charge is 0.492 e. The maximum Gasteiger partial charge on any atom is 0.401 e. The third kappa shape index (κ3) is 8.07. The molecule has 0 amide bonds. The molecule has 5 nitrogen and oxygen atoms in total. The predicted molar refractivity (Wildman–Crippen MR) is 101 cm³/mol. The lowest BCUT2D eigenvalue weighted by Crippen LogP contribution is -2.41. The maximum atomic E-state index is 12.5. The lowest BCUT2D eigenvalue weighted by molar-refractivity contribution is -0.143. The van der Waals surface area contributed by atoms with Crippen molar-refractivity contribution in [1.82, 2.24) is 15.1 Å². The van der Waals surface area contributed by atoms with Gasteiger partial charge in [0.05, 0.1) is 13.1 Å². The van der Waals surface area contributed by atoms with Crippen LogP contribution < -0.4 is 10.1 Å². The number of aliphatic imine (C=N–C) groups is 1. The Kier molecular flexibility index (Phi) is 8.22. The fourth-order valence-electron chi connectivity index (χ4n) is 3.07. The van der Waals surface area contributed by atoms with Gasteiger partial charge in [-0.3, -0.25) is 9.89 Å². The highest BCUT2D eigenvalue weighted by atomic mass is 19.4. The first-order valence-electron chi connectivity index (χ1n) is 9.33. The van der Waals surface area contributed by atoms with E-state index in [-0.39, 0.29) is 5.92 Å². The van der Waals surface area contributed by atoms with Crippen molar-refractivity contribution in [2.75, 3.05) is 52.9 Å². The Bertz CT molecular complexity index is 580. The molecule has 1 aromatic carbocycles. The monoisotopic (exact) mass is 386 g/mol. The molecule has 1 unspecified atom stereocenters. The standard InChI is InChI=1S/C19H29F3N4O/c1-3-23-18(25(2)11-12-27-17-7-5-4-6-8-17)24-13-16-9-10-26(14-16)15-19(20,21)22/h4-8,16H,3,9-15H2,1-2H3,(H,23,24). The van der Waals surface area contributed by atoms with Gasteiger partial charge in [0.2, 0.25) is 0 Å². The summed E-state index contributed by atoms with van der Waals surface area (Å²) in [5, 5.41) is 3.23. The van der Waals surface area contributed by atoms with Crippen molar-refractivity contribution in [1.29, 1.82) is 0 Å². The molecule has 152 valence electrons. The summed E-state index contributed by atoms with van der Waals surface area (Å²) in [4.78, 5) is 8.06. The van der Waals surface area contributed by atoms with Crippen molar-refractivity contribution in [3.63, 3.8) is 0 Å². The van der Waals surface area contributed by atoms with E-state index in [0.29, 0.717) is 32.8 Å². The van der Waals surface area contributed by atoms with E-state index in [1.165, 1.54) is 4.90 Å². The van der Waals surface area contributed by atoms with E-state index in [0.717, 1.165) is 24.7 Å². The Hall–Kier alpha value is -1.96. The van der Waals surface area contributed by atoms with Crippen LogP contribution in [0.1, 0.15) is 13.3 Å². The van der Waals surface area contributed by atoms with E-state index in [1.807, 2.05) is 49.2 Å². The zero-order chi connectivity index (χ0) is 19.7. The fourth-order valence-corrected chi connectivity index (χ4v) is 3.07. The molecule has 0 spiro atoms. The first-order valence-corrected chi connectivity index (χ1v) is 9.33. The fraction of sp³-hybridized carbons (Fsp3) is 0.632. The van der Waals surface area contributed by atoms with Gasteiger partial charge in [-0.05, 0) is 37.9 Å². The lowest BCUT2D eigenvalue weighted by atomic mass is 10.1. The van der Waals surface area contributed by atoms with Crippen LogP contribution in [0.3, 0.4) is 0 Å². The van der Waals surface area contributed by atoms with Crippen molar-refractivity contribution in [2.45, 2.75) is 19.5 Å². The van der Waals surface area contributed by atoms with Gasteiger partial charge in [0.15, 0.2) is 5.96 Å². The second kappa shape index (κ2) is 10.4. The molecule has 1 heterocycles. The molecule has 1 saturated heterocycles. The first-order chi connectivity index (χ1) is 12.9. The lowest BCUT2D eigenvalue weighted by Gasteiger charge is -2.23. The molecule has 2 rings (SSSR count). The second-order valence-electron chi connectivity index (χ2n) is 6.78. The van der Waals surface area contributed by atoms with Crippen LogP contribution in [-0.4, -0.2) is 74.9 Å². The van der Waals surface area contributed by atoms with Gasteiger partial charge in [-0.25, -0.2) is 0 Å². The molecule has 0 saturated carbocycles. The number of likely N-dealkylation sites (N-methyl/N-ethyl adjacent to an activating group) is 1. The summed E-state index contributed by atoms with van der Waals surface area (Å²) in [6.45, 7) is 4.53. The molecule has 1 aliphatic rings. The summed E-state index contributed by atoms with van der Waals surface area (Å²) in [6.07, 6.45) is -3.38. The van der Waals surface area contributed by atoms with E-state index in [4.69, 9.17) is 4.74 Å². The van der Waals surface area contributed by atoms with Gasteiger partial charge in [0.25, 0.3) is 0 Å². The molecule has 1 atom stereocenters. The zero-order valence-electron chi connectivity index (χ0n) is 16.0. The zero-order valence-corrected chi connectivity index (χ0v) is 16.0. The third-order valence-corrected chi connectivity index (χ3v) is 4.41. The summed E-state index contributed by atoms with van der Waals surface area (Å²) in [6, 6.07) is 9.61. The smallest absolute Gasteiger partial charge is 0.401 e. The van der Waals surface area contributed by atoms with Crippen LogP contribution in [0.15, 0.2) is 35.3 Å². The van der Waals surface area contributed by atoms with Gasteiger partial charge < -0.3 is 15.0 Å². The average Bonchev–Trinajstić information content (AvgIpc) is 3.04. The van der Waals surface area contributed by atoms with Crippen molar-refractivity contribution in [2.24, 2.45) is 10.9 Å². The number of alkyl halides is 3. The Morgan fingerprint density at radius 1 is 1.33 bits per heavy atom. The van der Waals surface area contributed by atoms with Crippen LogP contribution in [0, 0.1) is 5.92 Å². The molecule has 1 aliphatic heterocycles. The SMILES string of the molecule is CCNC(=NCC1CCN(CC(F)(F)F)C1)N(C)CCOc1ccccc1. The summed E-state index contributed by atoms with van der Waals surface area (Å²) in [5.74, 6) is 1.74. The highest BCUT2D eigenvalue weighted by Gasteiger charge is 2.34. The number of halogens is 3. The van der Waals surface area contributed by atoms with Crippen LogP contribution in [-0.2, 0) is 0 Å². The summed E-state index contributed by atoms with van der Waals surface area (Å²) >= 11 is 0. The molecule has 0 radical (unpaired) electrons. The Morgan fingerprint density at radius 2 is 2.07 bits per heavy atom. The van der Waals surface area contributed by atoms with E-state index < -0.39 is 12.7 Å². The number of benzene rings is 1. The van der Waals surface area contributed by atoms with Crippen LogP contribution >= 0.6 is 0 Å². The number of ether oxygens (including phenoxy) is 1. The minimum absolute atomic E-state index is 0.162. The number of hydrogen-bond acceptors (Lipinski definition) is 3. The minimum Gasteiger partial charge on any atom is -0.492 e. The molecule has 0 aromatic heterocycles. The number of nitrogens with zero attached hydrogens (tertiary/aromatic N) is 3. The molecular weight excluding hydrogens is 357 g/mol. The third-order valence-electron chi connectivity index (χ3n) is 4.41. The summed E-state index contributed by atoms with van der Waals surface area (Å²) < 4.78 is 43.2. The minimum atomic E-state index is -4.13.